The fraction of sp³-hybridized carbons (Fsp3) is 0.467. The number of benzene rings is 1. The lowest BCUT2D eigenvalue weighted by Crippen LogP contribution is -2.36. The molecule has 4 heteroatoms. The van der Waals surface area contributed by atoms with Gasteiger partial charge in [0, 0.05) is 11.9 Å². The van der Waals surface area contributed by atoms with Gasteiger partial charge in [-0.15, -0.1) is 0 Å². The van der Waals surface area contributed by atoms with Crippen LogP contribution in [0.2, 0.25) is 0 Å². The average molecular weight is 263 g/mol. The summed E-state index contributed by atoms with van der Waals surface area (Å²) in [5, 5.41) is 14.1. The number of aliphatic hydroxyl groups is 1. The molecule has 2 aromatic rings. The molecule has 2 rings (SSSR count). The van der Waals surface area contributed by atoms with E-state index >= 15 is 0 Å². The molecule has 4 nitrogen and oxygen atoms in total. The van der Waals surface area contributed by atoms with Gasteiger partial charge in [-0.3, -0.25) is 0 Å². The molecule has 1 aromatic heterocycles. The predicted octanol–water partition coefficient (Wildman–Crippen LogP) is 2.69. The summed E-state index contributed by atoms with van der Waals surface area (Å²) in [6.45, 7) is 4.92. The van der Waals surface area contributed by atoms with E-state index in [0.717, 1.165) is 22.5 Å². The van der Waals surface area contributed by atoms with Crippen molar-refractivity contribution in [1.82, 2.24) is 5.32 Å². The van der Waals surface area contributed by atoms with E-state index in [2.05, 4.69) is 5.32 Å². The van der Waals surface area contributed by atoms with Gasteiger partial charge in [0.15, 0.2) is 11.3 Å². The van der Waals surface area contributed by atoms with Gasteiger partial charge in [-0.1, -0.05) is 19.1 Å². The first kappa shape index (κ1) is 13.9. The number of hydrogen-bond acceptors (Lipinski definition) is 4. The molecule has 0 saturated heterocycles. The first-order valence-electron chi connectivity index (χ1n) is 6.54. The van der Waals surface area contributed by atoms with E-state index in [9.17, 15) is 5.11 Å². The maximum atomic E-state index is 9.91. The smallest absolute Gasteiger partial charge is 0.176 e. The van der Waals surface area contributed by atoms with Crippen LogP contribution in [0.25, 0.3) is 11.0 Å². The van der Waals surface area contributed by atoms with Crippen molar-refractivity contribution in [2.75, 3.05) is 13.7 Å². The van der Waals surface area contributed by atoms with Crippen LogP contribution >= 0.6 is 0 Å². The highest BCUT2D eigenvalue weighted by Gasteiger charge is 2.17. The molecule has 104 valence electrons. The molecule has 1 atom stereocenters. The Morgan fingerprint density at radius 1 is 1.42 bits per heavy atom. The van der Waals surface area contributed by atoms with Crippen molar-refractivity contribution in [3.8, 4) is 5.75 Å². The molecule has 19 heavy (non-hydrogen) atoms. The first-order chi connectivity index (χ1) is 9.05. The topological polar surface area (TPSA) is 54.6 Å². The fourth-order valence-electron chi connectivity index (χ4n) is 1.92. The highest BCUT2D eigenvalue weighted by Crippen LogP contribution is 2.28. The molecule has 0 amide bonds. The Morgan fingerprint density at radius 2 is 2.21 bits per heavy atom. The van der Waals surface area contributed by atoms with Crippen molar-refractivity contribution in [3.63, 3.8) is 0 Å². The van der Waals surface area contributed by atoms with Crippen molar-refractivity contribution in [2.45, 2.75) is 32.4 Å². The number of nitrogens with one attached hydrogen (secondary N) is 1. The van der Waals surface area contributed by atoms with Gasteiger partial charge in [0.1, 0.15) is 5.76 Å². The number of hydrogen-bond donors (Lipinski definition) is 2. The number of methoxy groups -OCH3 is 1. The van der Waals surface area contributed by atoms with Crippen LogP contribution in [0.1, 0.15) is 26.0 Å². The van der Waals surface area contributed by atoms with Gasteiger partial charge < -0.3 is 19.6 Å². The summed E-state index contributed by atoms with van der Waals surface area (Å²) in [4.78, 5) is 0. The standard InChI is InChI=1S/C15H21NO3/c1-4-15(2,17)10-16-9-12-8-11-6-5-7-13(18-3)14(11)19-12/h5-8,16-17H,4,9-10H2,1-3H3. The third kappa shape index (κ3) is 3.28. The minimum atomic E-state index is -0.677. The number of rotatable bonds is 6. The Bertz CT molecular complexity index is 545. The Morgan fingerprint density at radius 3 is 2.89 bits per heavy atom. The predicted molar refractivity (Wildman–Crippen MR) is 75.4 cm³/mol. The highest BCUT2D eigenvalue weighted by atomic mass is 16.5. The molecule has 0 aliphatic carbocycles. The normalized spacial score (nSPS) is 14.5. The Balaban J connectivity index is 2.06. The Kier molecular flexibility index (Phi) is 4.12. The van der Waals surface area contributed by atoms with Gasteiger partial charge in [-0.25, -0.2) is 0 Å². The molecule has 0 aliphatic rings. The summed E-state index contributed by atoms with van der Waals surface area (Å²) in [5.41, 5.74) is 0.0908. The summed E-state index contributed by atoms with van der Waals surface area (Å²) < 4.78 is 11.0. The zero-order valence-electron chi connectivity index (χ0n) is 11.7. The van der Waals surface area contributed by atoms with Gasteiger partial charge in [0.25, 0.3) is 0 Å². The molecule has 0 saturated carbocycles. The molecule has 0 spiro atoms. The van der Waals surface area contributed by atoms with E-state index in [1.165, 1.54) is 0 Å². The SMILES string of the molecule is CCC(C)(O)CNCc1cc2cccc(OC)c2o1. The zero-order chi connectivity index (χ0) is 13.9. The van der Waals surface area contributed by atoms with Crippen LogP contribution in [0.3, 0.4) is 0 Å². The first-order valence-corrected chi connectivity index (χ1v) is 6.54. The summed E-state index contributed by atoms with van der Waals surface area (Å²) in [6, 6.07) is 7.80. The van der Waals surface area contributed by atoms with Crippen LogP contribution in [-0.2, 0) is 6.54 Å². The van der Waals surface area contributed by atoms with Crippen LogP contribution in [0, 0.1) is 0 Å². The van der Waals surface area contributed by atoms with E-state index in [0.29, 0.717) is 19.5 Å². The minimum Gasteiger partial charge on any atom is -0.493 e. The second-order valence-electron chi connectivity index (χ2n) is 5.05. The van der Waals surface area contributed by atoms with Crippen molar-refractivity contribution >= 4 is 11.0 Å². The summed E-state index contributed by atoms with van der Waals surface area (Å²) in [5.74, 6) is 1.58. The lowest BCUT2D eigenvalue weighted by molar-refractivity contribution is 0.0552. The van der Waals surface area contributed by atoms with Crippen molar-refractivity contribution in [3.05, 3.63) is 30.0 Å². The molecule has 1 aromatic carbocycles. The van der Waals surface area contributed by atoms with Crippen LogP contribution in [-0.4, -0.2) is 24.4 Å². The zero-order valence-corrected chi connectivity index (χ0v) is 11.7. The molecule has 0 aliphatic heterocycles. The van der Waals surface area contributed by atoms with Gasteiger partial charge in [0.2, 0.25) is 0 Å². The average Bonchev–Trinajstić information content (AvgIpc) is 2.81. The Hall–Kier alpha value is -1.52. The molecule has 0 fully saturated rings. The van der Waals surface area contributed by atoms with Gasteiger partial charge in [-0.05, 0) is 25.5 Å². The van der Waals surface area contributed by atoms with Crippen LogP contribution in [0.4, 0.5) is 0 Å². The van der Waals surface area contributed by atoms with Crippen molar-refractivity contribution in [1.29, 1.82) is 0 Å². The second-order valence-corrected chi connectivity index (χ2v) is 5.05. The summed E-state index contributed by atoms with van der Waals surface area (Å²) in [6.07, 6.45) is 0.716. The number of furan rings is 1. The van der Waals surface area contributed by atoms with E-state index < -0.39 is 5.60 Å². The highest BCUT2D eigenvalue weighted by molar-refractivity contribution is 5.83. The van der Waals surface area contributed by atoms with Crippen LogP contribution in [0.5, 0.6) is 5.75 Å². The monoisotopic (exact) mass is 263 g/mol. The van der Waals surface area contributed by atoms with Crippen molar-refractivity contribution < 1.29 is 14.3 Å². The fourth-order valence-corrected chi connectivity index (χ4v) is 1.92. The lowest BCUT2D eigenvalue weighted by atomic mass is 10.0. The van der Waals surface area contributed by atoms with Crippen LogP contribution < -0.4 is 10.1 Å². The lowest BCUT2D eigenvalue weighted by Gasteiger charge is -2.21. The van der Waals surface area contributed by atoms with E-state index in [-0.39, 0.29) is 0 Å². The Labute approximate surface area is 113 Å². The molecule has 2 N–H and O–H groups in total. The third-order valence-electron chi connectivity index (χ3n) is 3.35. The molecular formula is C15H21NO3. The van der Waals surface area contributed by atoms with Crippen LogP contribution in [0.15, 0.2) is 28.7 Å². The van der Waals surface area contributed by atoms with E-state index in [1.54, 1.807) is 7.11 Å². The molecule has 1 heterocycles. The maximum Gasteiger partial charge on any atom is 0.176 e. The van der Waals surface area contributed by atoms with E-state index in [1.807, 2.05) is 38.1 Å². The quantitative estimate of drug-likeness (QED) is 0.841. The van der Waals surface area contributed by atoms with Gasteiger partial charge in [0.05, 0.1) is 19.3 Å². The van der Waals surface area contributed by atoms with E-state index in [4.69, 9.17) is 9.15 Å². The number of ether oxygens (including phenoxy) is 1. The number of fused-ring (bicyclic) bond motifs is 1. The minimum absolute atomic E-state index is 0.539. The van der Waals surface area contributed by atoms with Gasteiger partial charge in [-0.2, -0.15) is 0 Å². The second kappa shape index (κ2) is 5.63. The third-order valence-corrected chi connectivity index (χ3v) is 3.35. The largest absolute Gasteiger partial charge is 0.493 e. The summed E-state index contributed by atoms with van der Waals surface area (Å²) >= 11 is 0. The summed E-state index contributed by atoms with van der Waals surface area (Å²) in [7, 11) is 1.63. The van der Waals surface area contributed by atoms with Crippen molar-refractivity contribution in [2.24, 2.45) is 0 Å². The maximum absolute atomic E-state index is 9.91. The molecule has 1 unspecified atom stereocenters. The molecular weight excluding hydrogens is 242 g/mol. The number of para-hydroxylation sites is 1. The molecule has 0 radical (unpaired) electrons. The molecule has 0 bridgehead atoms. The van der Waals surface area contributed by atoms with Gasteiger partial charge >= 0.3 is 0 Å².